The molecule has 216 valence electrons. The number of halogens is 1. The van der Waals surface area contributed by atoms with Crippen molar-refractivity contribution in [3.63, 3.8) is 0 Å². The largest absolute Gasteiger partial charge is 0.444 e. The number of carbonyl (C=O) groups excluding carboxylic acids is 2. The summed E-state index contributed by atoms with van der Waals surface area (Å²) in [4.78, 5) is 42.0. The Bertz CT molecular complexity index is 1230. The van der Waals surface area contributed by atoms with E-state index in [1.54, 1.807) is 17.0 Å². The van der Waals surface area contributed by atoms with E-state index < -0.39 is 29.8 Å². The van der Waals surface area contributed by atoms with Crippen molar-refractivity contribution in [1.82, 2.24) is 19.8 Å². The fraction of sp³-hybridized carbons (Fsp3) is 0.586. The van der Waals surface area contributed by atoms with Crippen LogP contribution in [0.5, 0.6) is 0 Å². The van der Waals surface area contributed by atoms with Crippen LogP contribution in [-0.4, -0.2) is 94.5 Å². The molecule has 3 aliphatic rings. The summed E-state index contributed by atoms with van der Waals surface area (Å²) < 4.78 is 11.5. The Balaban J connectivity index is 1.38. The number of hydrogen-bond acceptors (Lipinski definition) is 8. The van der Waals surface area contributed by atoms with E-state index in [9.17, 15) is 14.7 Å². The first-order valence-electron chi connectivity index (χ1n) is 13.9. The van der Waals surface area contributed by atoms with E-state index in [2.05, 4.69) is 21.8 Å². The molecule has 1 aromatic carbocycles. The van der Waals surface area contributed by atoms with Gasteiger partial charge in [-0.3, -0.25) is 9.69 Å². The molecule has 2 aliphatic heterocycles. The van der Waals surface area contributed by atoms with Gasteiger partial charge in [-0.25, -0.2) is 14.8 Å². The van der Waals surface area contributed by atoms with E-state index in [4.69, 9.17) is 21.1 Å². The topological polar surface area (TPSA) is 108 Å². The summed E-state index contributed by atoms with van der Waals surface area (Å²) in [5.74, 6) is 0.297. The maximum Gasteiger partial charge on any atom is 0.410 e. The average molecular weight is 572 g/mol. The number of aliphatic hydroxyl groups excluding tert-OH is 1. The molecule has 1 unspecified atom stereocenters. The van der Waals surface area contributed by atoms with Crippen LogP contribution in [0.3, 0.4) is 0 Å². The molecular weight excluding hydrogens is 534 g/mol. The number of ether oxygens (including phenoxy) is 2. The zero-order chi connectivity index (χ0) is 28.6. The summed E-state index contributed by atoms with van der Waals surface area (Å²) in [6, 6.07) is 6.70. The van der Waals surface area contributed by atoms with Crippen LogP contribution in [-0.2, 0) is 14.3 Å². The first-order valence-corrected chi connectivity index (χ1v) is 14.3. The number of fused-ring (bicyclic) bond motifs is 1. The maximum atomic E-state index is 14.2. The van der Waals surface area contributed by atoms with Gasteiger partial charge in [0.15, 0.2) is 0 Å². The third kappa shape index (κ3) is 5.89. The van der Waals surface area contributed by atoms with Crippen LogP contribution >= 0.6 is 11.6 Å². The highest BCUT2D eigenvalue weighted by molar-refractivity contribution is 6.30. The molecule has 1 N–H and O–H groups in total. The van der Waals surface area contributed by atoms with E-state index in [0.29, 0.717) is 56.5 Å². The minimum Gasteiger partial charge on any atom is -0.444 e. The maximum absolute atomic E-state index is 14.2. The van der Waals surface area contributed by atoms with Gasteiger partial charge in [0, 0.05) is 43.3 Å². The van der Waals surface area contributed by atoms with Gasteiger partial charge in [-0.05, 0) is 50.8 Å². The van der Waals surface area contributed by atoms with Crippen molar-refractivity contribution in [2.45, 2.75) is 63.7 Å². The SMILES string of the molecule is C[C@@H]1C[C@H](O)c2ncnc(N3CCN(C(=O)[C@@H](c4ccc(Cl)cc4)C4COCCN4C(=O)OC(C)(C)C)CC3)c21. The van der Waals surface area contributed by atoms with Gasteiger partial charge in [0.25, 0.3) is 0 Å². The third-order valence-corrected chi connectivity index (χ3v) is 8.10. The Morgan fingerprint density at radius 3 is 2.48 bits per heavy atom. The predicted octanol–water partition coefficient (Wildman–Crippen LogP) is 3.74. The third-order valence-electron chi connectivity index (χ3n) is 7.84. The first kappa shape index (κ1) is 28.6. The summed E-state index contributed by atoms with van der Waals surface area (Å²) >= 11 is 6.18. The van der Waals surface area contributed by atoms with Crippen LogP contribution in [0.4, 0.5) is 10.6 Å². The van der Waals surface area contributed by atoms with Crippen molar-refractivity contribution in [3.8, 4) is 0 Å². The number of anilines is 1. The van der Waals surface area contributed by atoms with Gasteiger partial charge in [-0.2, -0.15) is 0 Å². The van der Waals surface area contributed by atoms with Crippen molar-refractivity contribution in [1.29, 1.82) is 0 Å². The fourth-order valence-electron chi connectivity index (χ4n) is 5.94. The van der Waals surface area contributed by atoms with Gasteiger partial charge in [0.05, 0.1) is 37.0 Å². The van der Waals surface area contributed by atoms with E-state index >= 15 is 0 Å². The average Bonchev–Trinajstić information content (AvgIpc) is 3.22. The smallest absolute Gasteiger partial charge is 0.410 e. The molecule has 10 nitrogen and oxygen atoms in total. The lowest BCUT2D eigenvalue weighted by atomic mass is 9.88. The highest BCUT2D eigenvalue weighted by atomic mass is 35.5. The standard InChI is InChI=1S/C29H38ClN5O5/c1-18-15-22(36)25-23(18)26(32-17-31-25)33-9-11-34(12-10-33)27(37)24(19-5-7-20(30)8-6-19)21-16-39-14-13-35(21)28(38)40-29(2,3)4/h5-8,17-18,21-22,24,36H,9-16H2,1-4H3/t18-,21?,22+,24+/m1/s1. The molecular formula is C29H38ClN5O5. The molecule has 2 amide bonds. The van der Waals surface area contributed by atoms with E-state index in [1.165, 1.54) is 6.33 Å². The molecule has 1 aromatic heterocycles. The Kier molecular flexibility index (Phi) is 8.22. The summed E-state index contributed by atoms with van der Waals surface area (Å²) in [6.07, 6.45) is 1.13. The van der Waals surface area contributed by atoms with Crippen molar-refractivity contribution in [2.75, 3.05) is 50.8 Å². The van der Waals surface area contributed by atoms with Crippen LogP contribution in [0.25, 0.3) is 0 Å². The lowest BCUT2D eigenvalue weighted by Crippen LogP contribution is -2.57. The first-order chi connectivity index (χ1) is 19.0. The van der Waals surface area contributed by atoms with Crippen molar-refractivity contribution < 1.29 is 24.2 Å². The van der Waals surface area contributed by atoms with Gasteiger partial charge in [0.2, 0.25) is 5.91 Å². The summed E-state index contributed by atoms with van der Waals surface area (Å²) in [5.41, 5.74) is 1.82. The van der Waals surface area contributed by atoms with Crippen molar-refractivity contribution in [3.05, 3.63) is 52.4 Å². The second-order valence-corrected chi connectivity index (χ2v) is 12.2. The summed E-state index contributed by atoms with van der Waals surface area (Å²) in [5, 5.41) is 11.0. The zero-order valence-electron chi connectivity index (χ0n) is 23.5. The molecule has 11 heteroatoms. The Morgan fingerprint density at radius 2 is 1.80 bits per heavy atom. The minimum absolute atomic E-state index is 0.0669. The molecule has 0 bridgehead atoms. The lowest BCUT2D eigenvalue weighted by Gasteiger charge is -2.43. The number of nitrogens with zero attached hydrogens (tertiary/aromatic N) is 5. The highest BCUT2D eigenvalue weighted by Gasteiger charge is 2.42. The number of benzene rings is 1. The van der Waals surface area contributed by atoms with Crippen LogP contribution in [0.15, 0.2) is 30.6 Å². The van der Waals surface area contributed by atoms with Gasteiger partial charge in [-0.1, -0.05) is 30.7 Å². The number of piperazine rings is 1. The molecule has 40 heavy (non-hydrogen) atoms. The molecule has 0 saturated carbocycles. The molecule has 2 saturated heterocycles. The molecule has 3 heterocycles. The normalized spacial score (nSPS) is 24.1. The van der Waals surface area contributed by atoms with Gasteiger partial charge in [-0.15, -0.1) is 0 Å². The molecule has 4 atom stereocenters. The summed E-state index contributed by atoms with van der Waals surface area (Å²) in [7, 11) is 0. The molecule has 2 fully saturated rings. The number of aromatic nitrogens is 2. The van der Waals surface area contributed by atoms with Crippen LogP contribution in [0.1, 0.15) is 68.9 Å². The molecule has 5 rings (SSSR count). The quantitative estimate of drug-likeness (QED) is 0.591. The Morgan fingerprint density at radius 1 is 1.10 bits per heavy atom. The molecule has 1 aliphatic carbocycles. The van der Waals surface area contributed by atoms with Crippen LogP contribution in [0, 0.1) is 0 Å². The number of amides is 2. The van der Waals surface area contributed by atoms with E-state index in [0.717, 1.165) is 16.9 Å². The number of aliphatic hydroxyl groups is 1. The second-order valence-electron chi connectivity index (χ2n) is 11.8. The van der Waals surface area contributed by atoms with Gasteiger partial charge < -0.3 is 24.4 Å². The number of carbonyl (C=O) groups is 2. The molecule has 0 spiro atoms. The number of morpholine rings is 1. The van der Waals surface area contributed by atoms with Crippen LogP contribution in [0.2, 0.25) is 5.02 Å². The van der Waals surface area contributed by atoms with Crippen LogP contribution < -0.4 is 4.90 Å². The second kappa shape index (κ2) is 11.5. The minimum atomic E-state index is -0.662. The van der Waals surface area contributed by atoms with Crippen molar-refractivity contribution >= 4 is 29.4 Å². The summed E-state index contributed by atoms with van der Waals surface area (Å²) in [6.45, 7) is 10.7. The Hall–Kier alpha value is -2.95. The highest BCUT2D eigenvalue weighted by Crippen LogP contribution is 2.43. The number of hydrogen-bond donors (Lipinski definition) is 1. The van der Waals surface area contributed by atoms with Gasteiger partial charge in [0.1, 0.15) is 17.7 Å². The molecule has 2 aromatic rings. The van der Waals surface area contributed by atoms with Gasteiger partial charge >= 0.3 is 6.09 Å². The predicted molar refractivity (Wildman–Crippen MR) is 151 cm³/mol. The molecule has 0 radical (unpaired) electrons. The fourth-order valence-corrected chi connectivity index (χ4v) is 6.06. The zero-order valence-corrected chi connectivity index (χ0v) is 24.3. The lowest BCUT2D eigenvalue weighted by molar-refractivity contribution is -0.136. The van der Waals surface area contributed by atoms with E-state index in [-0.39, 0.29) is 18.4 Å². The van der Waals surface area contributed by atoms with E-state index in [1.807, 2.05) is 37.8 Å². The van der Waals surface area contributed by atoms with Crippen molar-refractivity contribution in [2.24, 2.45) is 0 Å². The monoisotopic (exact) mass is 571 g/mol. The Labute approximate surface area is 240 Å². The number of rotatable bonds is 4.